The average molecular weight is 698 g/mol. The molecule has 0 aromatic heterocycles. The van der Waals surface area contributed by atoms with Crippen LogP contribution in [-0.4, -0.2) is 151 Å². The molecule has 0 spiro atoms. The van der Waals surface area contributed by atoms with E-state index in [0.29, 0.717) is 51.7 Å². The van der Waals surface area contributed by atoms with Crippen molar-refractivity contribution in [3.8, 4) is 0 Å². The van der Waals surface area contributed by atoms with Gasteiger partial charge in [0.15, 0.2) is 5.54 Å². The molecule has 5 amide bonds. The molecule has 19 heteroatoms. The van der Waals surface area contributed by atoms with E-state index < -0.39 is 84.0 Å². The fourth-order valence-corrected chi connectivity index (χ4v) is 6.42. The van der Waals surface area contributed by atoms with Crippen LogP contribution in [0.2, 0.25) is 0 Å². The van der Waals surface area contributed by atoms with E-state index in [1.54, 1.807) is 6.92 Å². The van der Waals surface area contributed by atoms with Crippen LogP contribution < -0.4 is 27.0 Å². The summed E-state index contributed by atoms with van der Waals surface area (Å²) in [5.74, 6) is -5.21. The molecule has 0 aromatic carbocycles. The number of hydrazine groups is 4. The van der Waals surface area contributed by atoms with Crippen molar-refractivity contribution in [1.82, 2.24) is 47.1 Å². The van der Waals surface area contributed by atoms with Gasteiger partial charge >= 0.3 is 5.97 Å². The number of carboxylic acids is 1. The summed E-state index contributed by atoms with van der Waals surface area (Å²) < 4.78 is 0. The Kier molecular flexibility index (Phi) is 12.9. The maximum atomic E-state index is 14.3. The number of aliphatic hydroxyl groups is 3. The minimum absolute atomic E-state index is 0.0922. The van der Waals surface area contributed by atoms with Gasteiger partial charge in [0.05, 0.1) is 12.7 Å². The molecule has 4 aliphatic rings. The minimum Gasteiger partial charge on any atom is -0.479 e. The van der Waals surface area contributed by atoms with Crippen LogP contribution in [-0.2, 0) is 28.8 Å². The summed E-state index contributed by atoms with van der Waals surface area (Å²) in [4.78, 5) is 80.7. The Morgan fingerprint density at radius 1 is 0.796 bits per heavy atom. The van der Waals surface area contributed by atoms with Gasteiger partial charge in [-0.05, 0) is 51.4 Å². The molecule has 4 aliphatic heterocycles. The summed E-state index contributed by atoms with van der Waals surface area (Å²) in [7, 11) is 0. The van der Waals surface area contributed by atoms with E-state index in [2.05, 4.69) is 27.0 Å². The van der Waals surface area contributed by atoms with Gasteiger partial charge in [0.1, 0.15) is 30.3 Å². The SMILES string of the molecule is CCC(C)C(O)C(=O)N1NCCCC1C(=O)N1NCCCC1C(=O)N1NCCCC1C(=O)N1NCC(O)CC1C(=O)NC(C)(CO)C(=O)O. The summed E-state index contributed by atoms with van der Waals surface area (Å²) in [6.07, 6.45) is 0.315. The predicted octanol–water partition coefficient (Wildman–Crippen LogP) is -3.70. The van der Waals surface area contributed by atoms with Gasteiger partial charge in [-0.15, -0.1) is 0 Å². The number of hydrogen-bond acceptors (Lipinski definition) is 13. The van der Waals surface area contributed by atoms with E-state index in [1.807, 2.05) is 6.92 Å². The molecule has 0 aromatic rings. The third-order valence-corrected chi connectivity index (χ3v) is 9.78. The Bertz CT molecular complexity index is 1260. The summed E-state index contributed by atoms with van der Waals surface area (Å²) in [6, 6.07) is -4.56. The zero-order valence-electron chi connectivity index (χ0n) is 28.3. The number of rotatable bonds is 10. The Hall–Kier alpha value is -3.46. The Labute approximate surface area is 284 Å². The first-order valence-corrected chi connectivity index (χ1v) is 17.0. The highest BCUT2D eigenvalue weighted by molar-refractivity contribution is 5.96. The molecular weight excluding hydrogens is 646 g/mol. The first kappa shape index (κ1) is 38.3. The van der Waals surface area contributed by atoms with Gasteiger partial charge in [0.25, 0.3) is 23.6 Å². The van der Waals surface area contributed by atoms with Crippen molar-refractivity contribution in [1.29, 1.82) is 0 Å². The molecule has 0 saturated carbocycles. The standard InChI is InChI=1S/C30H51N9O10/c1-4-17(2)23(42)28(47)38-21(10-7-13-33-38)26(45)36-19(8-5-11-31-36)25(44)37-20(9-6-12-32-37)27(46)39-22(14-18(41)15-34-39)24(43)35-30(3,16-40)29(48)49/h17-23,31-34,40-42H,4-16H2,1-3H3,(H,35,43)(H,48,49). The fourth-order valence-electron chi connectivity index (χ4n) is 6.42. The average Bonchev–Trinajstić information content (AvgIpc) is 3.12. The molecule has 276 valence electrons. The van der Waals surface area contributed by atoms with Crippen LogP contribution in [0.1, 0.15) is 72.1 Å². The van der Waals surface area contributed by atoms with Crippen LogP contribution in [0.15, 0.2) is 0 Å². The van der Waals surface area contributed by atoms with Crippen LogP contribution >= 0.6 is 0 Å². The van der Waals surface area contributed by atoms with Gasteiger partial charge in [0, 0.05) is 32.6 Å². The van der Waals surface area contributed by atoms with Gasteiger partial charge in [-0.2, -0.15) is 0 Å². The van der Waals surface area contributed by atoms with E-state index in [1.165, 1.54) is 10.0 Å². The number of aliphatic carboxylic acids is 1. The lowest BCUT2D eigenvalue weighted by molar-refractivity contribution is -0.170. The highest BCUT2D eigenvalue weighted by atomic mass is 16.4. The lowest BCUT2D eigenvalue weighted by Crippen LogP contribution is -2.71. The quantitative estimate of drug-likeness (QED) is 0.107. The highest BCUT2D eigenvalue weighted by Gasteiger charge is 2.48. The molecule has 4 rings (SSSR count). The largest absolute Gasteiger partial charge is 0.479 e. The molecule has 4 heterocycles. The molecular formula is C30H51N9O10. The fraction of sp³-hybridized carbons (Fsp3) is 0.800. The Morgan fingerprint density at radius 3 is 1.69 bits per heavy atom. The summed E-state index contributed by atoms with van der Waals surface area (Å²) >= 11 is 0. The van der Waals surface area contributed by atoms with Gasteiger partial charge < -0.3 is 25.7 Å². The normalized spacial score (nSPS) is 29.0. The van der Waals surface area contributed by atoms with Gasteiger partial charge in [-0.1, -0.05) is 20.3 Å². The number of nitrogens with one attached hydrogen (secondary N) is 5. The zero-order chi connectivity index (χ0) is 36.0. The summed E-state index contributed by atoms with van der Waals surface area (Å²) in [5.41, 5.74) is 9.60. The third kappa shape index (κ3) is 8.30. The molecule has 4 saturated heterocycles. The van der Waals surface area contributed by atoms with E-state index >= 15 is 0 Å². The number of nitrogens with zero attached hydrogens (tertiary/aromatic N) is 4. The molecule has 9 N–H and O–H groups in total. The van der Waals surface area contributed by atoms with Crippen LogP contribution in [0.25, 0.3) is 0 Å². The molecule has 8 unspecified atom stereocenters. The topological polar surface area (TPSA) is 256 Å². The van der Waals surface area contributed by atoms with E-state index in [0.717, 1.165) is 16.9 Å². The van der Waals surface area contributed by atoms with Crippen molar-refractivity contribution in [2.24, 2.45) is 5.92 Å². The van der Waals surface area contributed by atoms with Crippen molar-refractivity contribution >= 4 is 35.5 Å². The number of hydrogen-bond donors (Lipinski definition) is 9. The number of carbonyl (C=O) groups excluding carboxylic acids is 5. The molecule has 0 aliphatic carbocycles. The van der Waals surface area contributed by atoms with Crippen molar-refractivity contribution in [2.75, 3.05) is 32.8 Å². The summed E-state index contributed by atoms with van der Waals surface area (Å²) in [6.45, 7) is 4.83. The highest BCUT2D eigenvalue weighted by Crippen LogP contribution is 2.25. The Balaban J connectivity index is 1.55. The predicted molar refractivity (Wildman–Crippen MR) is 170 cm³/mol. The maximum absolute atomic E-state index is 14.3. The maximum Gasteiger partial charge on any atom is 0.331 e. The zero-order valence-corrected chi connectivity index (χ0v) is 28.3. The van der Waals surface area contributed by atoms with E-state index in [9.17, 15) is 49.2 Å². The molecule has 49 heavy (non-hydrogen) atoms. The van der Waals surface area contributed by atoms with Crippen molar-refractivity contribution < 1.29 is 49.2 Å². The lowest BCUT2D eigenvalue weighted by Gasteiger charge is -2.46. The number of carboxylic acid groups (broad SMARTS) is 1. The van der Waals surface area contributed by atoms with Crippen LogP contribution in [0.4, 0.5) is 0 Å². The van der Waals surface area contributed by atoms with Crippen molar-refractivity contribution in [3.63, 3.8) is 0 Å². The first-order valence-electron chi connectivity index (χ1n) is 17.0. The second kappa shape index (κ2) is 16.5. The minimum atomic E-state index is -2.05. The molecule has 8 atom stereocenters. The van der Waals surface area contributed by atoms with Crippen LogP contribution in [0.5, 0.6) is 0 Å². The molecule has 4 fully saturated rings. The van der Waals surface area contributed by atoms with E-state index in [-0.39, 0.29) is 31.7 Å². The molecule has 19 nitrogen and oxygen atoms in total. The molecule has 0 bridgehead atoms. The van der Waals surface area contributed by atoms with E-state index in [4.69, 9.17) is 0 Å². The first-order chi connectivity index (χ1) is 23.2. The van der Waals surface area contributed by atoms with Gasteiger partial charge in [-0.3, -0.25) is 44.0 Å². The van der Waals surface area contributed by atoms with Crippen LogP contribution in [0, 0.1) is 5.92 Å². The second-order valence-electron chi connectivity index (χ2n) is 13.4. The summed E-state index contributed by atoms with van der Waals surface area (Å²) in [5, 5.41) is 46.9. The van der Waals surface area contributed by atoms with Gasteiger partial charge in [-0.25, -0.2) is 26.5 Å². The lowest BCUT2D eigenvalue weighted by atomic mass is 9.98. The van der Waals surface area contributed by atoms with Gasteiger partial charge in [0.2, 0.25) is 5.91 Å². The number of aliphatic hydroxyl groups excluding tert-OH is 3. The monoisotopic (exact) mass is 697 g/mol. The molecule has 0 radical (unpaired) electrons. The van der Waals surface area contributed by atoms with Crippen LogP contribution in [0.3, 0.4) is 0 Å². The second-order valence-corrected chi connectivity index (χ2v) is 13.4. The number of amides is 5. The third-order valence-electron chi connectivity index (χ3n) is 9.78. The van der Waals surface area contributed by atoms with Crippen molar-refractivity contribution in [3.05, 3.63) is 0 Å². The van der Waals surface area contributed by atoms with Crippen molar-refractivity contribution in [2.45, 2.75) is 114 Å². The number of carbonyl (C=O) groups is 6. The smallest absolute Gasteiger partial charge is 0.331 e. The number of β-amino-alcohol motifs (C(OH)–C–C–N with tert-alkyl or cyclic N) is 1. The Morgan fingerprint density at radius 2 is 1.24 bits per heavy atom.